The second-order valence-electron chi connectivity index (χ2n) is 5.13. The third kappa shape index (κ3) is 4.18. The van der Waals surface area contributed by atoms with Crippen LogP contribution in [0, 0.1) is 0 Å². The standard InChI is InChI=1S/C16H20N4O2/c1-19(2)16(22)17-11-6-12-20-15(21)10-9-14(18-20)13-7-4-3-5-8-13/h3-5,7-10H,6,11-12H2,1-2H3,(H,17,22). The van der Waals surface area contributed by atoms with Crippen LogP contribution in [0.5, 0.6) is 0 Å². The number of hydrogen-bond acceptors (Lipinski definition) is 3. The lowest BCUT2D eigenvalue weighted by molar-refractivity contribution is 0.217. The molecule has 0 unspecified atom stereocenters. The molecule has 0 bridgehead atoms. The van der Waals surface area contributed by atoms with Gasteiger partial charge in [-0.15, -0.1) is 0 Å². The van der Waals surface area contributed by atoms with E-state index in [0.29, 0.717) is 19.5 Å². The summed E-state index contributed by atoms with van der Waals surface area (Å²) >= 11 is 0. The molecule has 0 saturated carbocycles. The van der Waals surface area contributed by atoms with Gasteiger partial charge in [0.15, 0.2) is 0 Å². The fourth-order valence-corrected chi connectivity index (χ4v) is 1.95. The van der Waals surface area contributed by atoms with Crippen molar-refractivity contribution in [2.45, 2.75) is 13.0 Å². The highest BCUT2D eigenvalue weighted by Crippen LogP contribution is 2.13. The molecule has 0 fully saturated rings. The first kappa shape index (κ1) is 15.8. The zero-order valence-corrected chi connectivity index (χ0v) is 12.8. The number of carbonyl (C=O) groups excluding carboxylic acids is 1. The SMILES string of the molecule is CN(C)C(=O)NCCCn1nc(-c2ccccc2)ccc1=O. The molecule has 1 N–H and O–H groups in total. The summed E-state index contributed by atoms with van der Waals surface area (Å²) in [6.45, 7) is 0.966. The molecule has 0 aliphatic rings. The Morgan fingerprint density at radius 3 is 2.59 bits per heavy atom. The molecule has 6 heteroatoms. The van der Waals surface area contributed by atoms with Gasteiger partial charge in [-0.1, -0.05) is 30.3 Å². The molecular formula is C16H20N4O2. The summed E-state index contributed by atoms with van der Waals surface area (Å²) in [5.74, 6) is 0. The molecule has 0 saturated heterocycles. The van der Waals surface area contributed by atoms with E-state index >= 15 is 0 Å². The van der Waals surface area contributed by atoms with Gasteiger partial charge < -0.3 is 10.2 Å². The number of aromatic nitrogens is 2. The van der Waals surface area contributed by atoms with E-state index in [-0.39, 0.29) is 11.6 Å². The van der Waals surface area contributed by atoms with E-state index in [9.17, 15) is 9.59 Å². The van der Waals surface area contributed by atoms with Crippen molar-refractivity contribution in [1.82, 2.24) is 20.0 Å². The van der Waals surface area contributed by atoms with E-state index in [4.69, 9.17) is 0 Å². The summed E-state index contributed by atoms with van der Waals surface area (Å²) in [6.07, 6.45) is 0.644. The summed E-state index contributed by atoms with van der Waals surface area (Å²) in [5, 5.41) is 7.14. The predicted octanol–water partition coefficient (Wildman–Crippen LogP) is 1.57. The van der Waals surface area contributed by atoms with Gasteiger partial charge in [0.2, 0.25) is 0 Å². The molecular weight excluding hydrogens is 280 g/mol. The Hall–Kier alpha value is -2.63. The van der Waals surface area contributed by atoms with Crippen molar-refractivity contribution < 1.29 is 4.79 Å². The highest BCUT2D eigenvalue weighted by molar-refractivity contribution is 5.73. The van der Waals surface area contributed by atoms with Crippen molar-refractivity contribution >= 4 is 6.03 Å². The molecule has 6 nitrogen and oxygen atoms in total. The lowest BCUT2D eigenvalue weighted by Gasteiger charge is -2.12. The maximum absolute atomic E-state index is 11.8. The van der Waals surface area contributed by atoms with Crippen LogP contribution in [0.3, 0.4) is 0 Å². The van der Waals surface area contributed by atoms with Crippen LogP contribution in [-0.4, -0.2) is 41.4 Å². The van der Waals surface area contributed by atoms with Crippen LogP contribution in [0.15, 0.2) is 47.3 Å². The summed E-state index contributed by atoms with van der Waals surface area (Å²) in [6, 6.07) is 12.8. The van der Waals surface area contributed by atoms with Crippen LogP contribution < -0.4 is 10.9 Å². The molecule has 2 amide bonds. The lowest BCUT2D eigenvalue weighted by Crippen LogP contribution is -2.35. The van der Waals surface area contributed by atoms with Crippen molar-refractivity contribution in [2.24, 2.45) is 0 Å². The average Bonchev–Trinajstić information content (AvgIpc) is 2.53. The largest absolute Gasteiger partial charge is 0.338 e. The monoisotopic (exact) mass is 300 g/mol. The molecule has 1 aromatic carbocycles. The Morgan fingerprint density at radius 1 is 1.18 bits per heavy atom. The number of benzene rings is 1. The summed E-state index contributed by atoms with van der Waals surface area (Å²) in [7, 11) is 3.37. The number of urea groups is 1. The van der Waals surface area contributed by atoms with Gasteiger partial charge in [-0.05, 0) is 12.5 Å². The van der Waals surface area contributed by atoms with Crippen molar-refractivity contribution in [1.29, 1.82) is 0 Å². The van der Waals surface area contributed by atoms with Gasteiger partial charge in [0.1, 0.15) is 0 Å². The number of nitrogens with zero attached hydrogens (tertiary/aromatic N) is 3. The smallest absolute Gasteiger partial charge is 0.316 e. The van der Waals surface area contributed by atoms with Gasteiger partial charge in [0, 0.05) is 38.8 Å². The third-order valence-corrected chi connectivity index (χ3v) is 3.17. The van der Waals surface area contributed by atoms with Crippen molar-refractivity contribution in [3.63, 3.8) is 0 Å². The number of amides is 2. The number of nitrogens with one attached hydrogen (secondary N) is 1. The third-order valence-electron chi connectivity index (χ3n) is 3.17. The van der Waals surface area contributed by atoms with Crippen LogP contribution in [0.25, 0.3) is 11.3 Å². The predicted molar refractivity (Wildman–Crippen MR) is 85.6 cm³/mol. The van der Waals surface area contributed by atoms with Gasteiger partial charge in [0.25, 0.3) is 5.56 Å². The molecule has 22 heavy (non-hydrogen) atoms. The molecule has 0 atom stereocenters. The Kier molecular flexibility index (Phi) is 5.30. The van der Waals surface area contributed by atoms with Crippen molar-refractivity contribution in [3.8, 4) is 11.3 Å². The Balaban J connectivity index is 1.99. The Bertz CT molecular complexity index is 680. The molecule has 2 aromatic rings. The van der Waals surface area contributed by atoms with E-state index in [2.05, 4.69) is 10.4 Å². The second kappa shape index (κ2) is 7.40. The highest BCUT2D eigenvalue weighted by Gasteiger charge is 2.04. The van der Waals surface area contributed by atoms with Crippen LogP contribution in [0.2, 0.25) is 0 Å². The Morgan fingerprint density at radius 2 is 1.91 bits per heavy atom. The van der Waals surface area contributed by atoms with E-state index < -0.39 is 0 Å². The minimum absolute atomic E-state index is 0.140. The number of hydrogen-bond donors (Lipinski definition) is 1. The van der Waals surface area contributed by atoms with Crippen molar-refractivity contribution in [2.75, 3.05) is 20.6 Å². The van der Waals surface area contributed by atoms with Crippen molar-refractivity contribution in [3.05, 3.63) is 52.8 Å². The lowest BCUT2D eigenvalue weighted by atomic mass is 10.1. The van der Waals surface area contributed by atoms with Gasteiger partial charge in [0.05, 0.1) is 5.69 Å². The fraction of sp³-hybridized carbons (Fsp3) is 0.312. The fourth-order valence-electron chi connectivity index (χ4n) is 1.95. The summed E-state index contributed by atoms with van der Waals surface area (Å²) in [4.78, 5) is 24.7. The molecule has 0 spiro atoms. The van der Waals surface area contributed by atoms with E-state index in [0.717, 1.165) is 11.3 Å². The van der Waals surface area contributed by atoms with Gasteiger partial charge in [-0.2, -0.15) is 5.10 Å². The van der Waals surface area contributed by atoms with E-state index in [1.54, 1.807) is 20.2 Å². The van der Waals surface area contributed by atoms with Crippen LogP contribution in [0.1, 0.15) is 6.42 Å². The zero-order chi connectivity index (χ0) is 15.9. The quantitative estimate of drug-likeness (QED) is 0.852. The topological polar surface area (TPSA) is 67.2 Å². The summed E-state index contributed by atoms with van der Waals surface area (Å²) < 4.78 is 1.43. The van der Waals surface area contributed by atoms with Gasteiger partial charge in [-0.25, -0.2) is 9.48 Å². The highest BCUT2D eigenvalue weighted by atomic mass is 16.2. The van der Waals surface area contributed by atoms with E-state index in [1.807, 2.05) is 30.3 Å². The first-order chi connectivity index (χ1) is 10.6. The molecule has 1 aromatic heterocycles. The molecule has 0 radical (unpaired) electrons. The Labute approximate surface area is 129 Å². The molecule has 116 valence electrons. The zero-order valence-electron chi connectivity index (χ0n) is 12.8. The maximum atomic E-state index is 11.8. The van der Waals surface area contributed by atoms with Crippen LogP contribution in [-0.2, 0) is 6.54 Å². The van der Waals surface area contributed by atoms with Crippen LogP contribution in [0.4, 0.5) is 4.79 Å². The summed E-state index contributed by atoms with van der Waals surface area (Å²) in [5.41, 5.74) is 1.59. The van der Waals surface area contributed by atoms with E-state index in [1.165, 1.54) is 15.6 Å². The molecule has 0 aliphatic heterocycles. The average molecular weight is 300 g/mol. The number of aryl methyl sites for hydroxylation is 1. The number of rotatable bonds is 5. The van der Waals surface area contributed by atoms with Gasteiger partial charge in [-0.3, -0.25) is 4.79 Å². The van der Waals surface area contributed by atoms with Crippen LogP contribution >= 0.6 is 0 Å². The first-order valence-electron chi connectivity index (χ1n) is 7.16. The minimum atomic E-state index is -0.140. The maximum Gasteiger partial charge on any atom is 0.316 e. The minimum Gasteiger partial charge on any atom is -0.338 e. The van der Waals surface area contributed by atoms with Gasteiger partial charge >= 0.3 is 6.03 Å². The second-order valence-corrected chi connectivity index (χ2v) is 5.13. The number of carbonyl (C=O) groups is 1. The normalized spacial score (nSPS) is 10.3. The molecule has 2 rings (SSSR count). The first-order valence-corrected chi connectivity index (χ1v) is 7.16. The molecule has 0 aliphatic carbocycles. The molecule has 1 heterocycles.